The van der Waals surface area contributed by atoms with Gasteiger partial charge in [-0.1, -0.05) is 13.3 Å². The van der Waals surface area contributed by atoms with Gasteiger partial charge in [0.2, 0.25) is 0 Å². The van der Waals surface area contributed by atoms with Crippen molar-refractivity contribution in [1.29, 1.82) is 0 Å². The molecule has 4 rings (SSSR count). The molecular weight excluding hydrogens is 351 g/mol. The second-order valence-corrected chi connectivity index (χ2v) is 7.86. The lowest BCUT2D eigenvalue weighted by atomic mass is 9.63. The van der Waals surface area contributed by atoms with E-state index in [2.05, 4.69) is 6.92 Å². The molecule has 2 saturated heterocycles. The normalized spacial score (nSPS) is 26.9. The number of carboxylic acid groups (broad SMARTS) is 1. The Morgan fingerprint density at radius 3 is 2.63 bits per heavy atom. The molecule has 2 aliphatic heterocycles. The summed E-state index contributed by atoms with van der Waals surface area (Å²) in [7, 11) is 0. The van der Waals surface area contributed by atoms with Gasteiger partial charge in [0.25, 0.3) is 0 Å². The van der Waals surface area contributed by atoms with Crippen molar-refractivity contribution in [2.45, 2.75) is 57.5 Å². The average Bonchev–Trinajstić information content (AvgIpc) is 2.66. The molecule has 1 aliphatic carbocycles. The summed E-state index contributed by atoms with van der Waals surface area (Å²) in [5.74, 6) is -0.666. The Morgan fingerprint density at radius 2 is 2.00 bits per heavy atom. The molecule has 3 aliphatic rings. The number of ether oxygens (including phenoxy) is 3. The molecule has 0 radical (unpaired) electrons. The van der Waals surface area contributed by atoms with Gasteiger partial charge in [0, 0.05) is 12.7 Å². The summed E-state index contributed by atoms with van der Waals surface area (Å²) in [6.45, 7) is 3.46. The number of benzene rings is 1. The number of hydrogen-bond donors (Lipinski definition) is 1. The molecule has 3 fully saturated rings. The van der Waals surface area contributed by atoms with Gasteiger partial charge in [0.05, 0.1) is 18.8 Å². The molecule has 0 spiro atoms. The van der Waals surface area contributed by atoms with Crippen molar-refractivity contribution in [2.24, 2.45) is 5.41 Å². The van der Waals surface area contributed by atoms with Crippen molar-refractivity contribution in [3.8, 4) is 5.75 Å². The molecule has 0 amide bonds. The molecule has 150 valence electrons. The number of carboxylic acids is 1. The Hall–Kier alpha value is -1.66. The van der Waals surface area contributed by atoms with Crippen LogP contribution in [0.2, 0.25) is 0 Å². The zero-order valence-corrected chi connectivity index (χ0v) is 16.0. The summed E-state index contributed by atoms with van der Waals surface area (Å²) in [5.41, 5.74) is 0.479. The van der Waals surface area contributed by atoms with E-state index in [1.54, 1.807) is 6.07 Å². The highest BCUT2D eigenvalue weighted by atomic mass is 19.1. The van der Waals surface area contributed by atoms with E-state index in [4.69, 9.17) is 19.3 Å². The van der Waals surface area contributed by atoms with Crippen LogP contribution in [0, 0.1) is 11.2 Å². The maximum Gasteiger partial charge on any atom is 0.329 e. The maximum absolute atomic E-state index is 14.2. The lowest BCUT2D eigenvalue weighted by Crippen LogP contribution is -2.49. The van der Waals surface area contributed by atoms with Gasteiger partial charge in [-0.05, 0) is 61.6 Å². The van der Waals surface area contributed by atoms with Crippen LogP contribution < -0.4 is 4.74 Å². The smallest absolute Gasteiger partial charge is 0.329 e. The Bertz CT molecular complexity index is 635. The van der Waals surface area contributed by atoms with Gasteiger partial charge in [-0.3, -0.25) is 0 Å². The van der Waals surface area contributed by atoms with E-state index in [0.717, 1.165) is 50.5 Å². The number of aliphatic carboxylic acids is 1. The Labute approximate surface area is 159 Å². The predicted octanol–water partition coefficient (Wildman–Crippen LogP) is 4.28. The molecule has 1 N–H and O–H groups in total. The second kappa shape index (κ2) is 8.57. The van der Waals surface area contributed by atoms with E-state index in [9.17, 15) is 9.18 Å². The number of unbranched alkanes of at least 4 members (excludes halogenated alkanes) is 1. The van der Waals surface area contributed by atoms with Crippen molar-refractivity contribution in [2.75, 3.05) is 26.4 Å². The summed E-state index contributed by atoms with van der Waals surface area (Å²) in [6.07, 6.45) is 6.41. The van der Waals surface area contributed by atoms with Crippen molar-refractivity contribution < 1.29 is 28.5 Å². The summed E-state index contributed by atoms with van der Waals surface area (Å²) in [5, 5.41) is 8.66. The summed E-state index contributed by atoms with van der Waals surface area (Å²) in [6, 6.07) is 4.93. The van der Waals surface area contributed by atoms with Crippen LogP contribution in [0.5, 0.6) is 5.75 Å². The minimum absolute atomic E-state index is 0.0496. The summed E-state index contributed by atoms with van der Waals surface area (Å²) < 4.78 is 31.3. The van der Waals surface area contributed by atoms with Crippen LogP contribution >= 0.6 is 0 Å². The van der Waals surface area contributed by atoms with Gasteiger partial charge in [0.15, 0.2) is 0 Å². The summed E-state index contributed by atoms with van der Waals surface area (Å²) >= 11 is 0. The minimum Gasteiger partial charge on any atom is -0.493 e. The highest BCUT2D eigenvalue weighted by Gasteiger charge is 2.50. The molecule has 6 heteroatoms. The lowest BCUT2D eigenvalue weighted by molar-refractivity contribution is -0.194. The molecule has 0 atom stereocenters. The van der Waals surface area contributed by atoms with Crippen molar-refractivity contribution in [1.82, 2.24) is 0 Å². The third kappa shape index (κ3) is 4.79. The first-order chi connectivity index (χ1) is 13.0. The van der Waals surface area contributed by atoms with Gasteiger partial charge < -0.3 is 19.3 Å². The average molecular weight is 380 g/mol. The molecular formula is C21H29FO5. The number of halogens is 1. The Morgan fingerprint density at radius 1 is 1.22 bits per heavy atom. The quantitative estimate of drug-likeness (QED) is 0.614. The number of carbonyl (C=O) groups is 1. The second-order valence-electron chi connectivity index (χ2n) is 7.86. The molecule has 1 saturated carbocycles. The van der Waals surface area contributed by atoms with Crippen LogP contribution in [0.1, 0.15) is 57.4 Å². The minimum atomic E-state index is -0.946. The molecule has 1 aromatic rings. The Balaban J connectivity index is 1.62. The Kier molecular flexibility index (Phi) is 6.37. The summed E-state index contributed by atoms with van der Waals surface area (Å²) in [4.78, 5) is 10.6. The van der Waals surface area contributed by atoms with Gasteiger partial charge in [-0.25, -0.2) is 9.18 Å². The molecule has 0 aromatic heterocycles. The molecule has 27 heavy (non-hydrogen) atoms. The van der Waals surface area contributed by atoms with E-state index in [1.165, 1.54) is 6.07 Å². The van der Waals surface area contributed by atoms with Crippen LogP contribution in [0.25, 0.3) is 0 Å². The van der Waals surface area contributed by atoms with Crippen molar-refractivity contribution >= 4 is 5.97 Å². The first-order valence-corrected chi connectivity index (χ1v) is 9.84. The fourth-order valence-electron chi connectivity index (χ4n) is 4.15. The number of rotatable bonds is 10. The molecule has 1 aromatic carbocycles. The first kappa shape index (κ1) is 20.1. The molecule has 2 bridgehead atoms. The van der Waals surface area contributed by atoms with Crippen LogP contribution in [-0.4, -0.2) is 37.5 Å². The third-order valence-electron chi connectivity index (χ3n) is 5.94. The van der Waals surface area contributed by atoms with E-state index < -0.39 is 11.6 Å². The first-order valence-electron chi connectivity index (χ1n) is 9.84. The van der Waals surface area contributed by atoms with Crippen LogP contribution in [0.4, 0.5) is 4.39 Å². The van der Waals surface area contributed by atoms with Gasteiger partial charge in [0.1, 0.15) is 18.2 Å². The van der Waals surface area contributed by atoms with Gasteiger partial charge in [-0.15, -0.1) is 0 Å². The maximum atomic E-state index is 14.2. The van der Waals surface area contributed by atoms with Gasteiger partial charge >= 0.3 is 5.97 Å². The zero-order chi connectivity index (χ0) is 19.3. The topological polar surface area (TPSA) is 65.0 Å². The van der Waals surface area contributed by atoms with E-state index in [-0.39, 0.29) is 17.8 Å². The van der Waals surface area contributed by atoms with Gasteiger partial charge in [-0.2, -0.15) is 0 Å². The van der Waals surface area contributed by atoms with Crippen LogP contribution in [0.3, 0.4) is 0 Å². The number of hydrogen-bond acceptors (Lipinski definition) is 4. The highest BCUT2D eigenvalue weighted by molar-refractivity contribution is 5.67. The monoisotopic (exact) mass is 380 g/mol. The van der Waals surface area contributed by atoms with Crippen LogP contribution in [-0.2, 0) is 19.9 Å². The number of fused-ring (bicyclic) bond motifs is 3. The predicted molar refractivity (Wildman–Crippen MR) is 98.4 cm³/mol. The third-order valence-corrected chi connectivity index (χ3v) is 5.94. The fraction of sp³-hybridized carbons (Fsp3) is 0.667. The lowest BCUT2D eigenvalue weighted by Gasteiger charge is -2.53. The fourth-order valence-corrected chi connectivity index (χ4v) is 4.15. The highest BCUT2D eigenvalue weighted by Crippen LogP contribution is 2.55. The van der Waals surface area contributed by atoms with E-state index in [1.807, 2.05) is 6.07 Å². The SMILES string of the molecule is CCCCOc1cc(F)cc(C23CCC(CCOCC(=O)O)(CC2)CO3)c1. The van der Waals surface area contributed by atoms with E-state index >= 15 is 0 Å². The standard InChI is InChI=1S/C21H29FO5/c1-2-3-9-26-18-12-16(11-17(22)13-18)21-6-4-20(5-7-21,15-27-21)8-10-25-14-19(23)24/h11-13H,2-10,14-15H2,1H3,(H,23,24). The zero-order valence-electron chi connectivity index (χ0n) is 16.0. The van der Waals surface area contributed by atoms with Crippen molar-refractivity contribution in [3.63, 3.8) is 0 Å². The van der Waals surface area contributed by atoms with E-state index in [0.29, 0.717) is 25.6 Å². The molecule has 5 nitrogen and oxygen atoms in total. The van der Waals surface area contributed by atoms with Crippen molar-refractivity contribution in [3.05, 3.63) is 29.6 Å². The molecule has 2 heterocycles. The molecule has 0 unspecified atom stereocenters. The largest absolute Gasteiger partial charge is 0.493 e. The van der Waals surface area contributed by atoms with Crippen LogP contribution in [0.15, 0.2) is 18.2 Å².